The second kappa shape index (κ2) is 6.19. The van der Waals surface area contributed by atoms with Crippen molar-refractivity contribution in [2.75, 3.05) is 19.6 Å². The summed E-state index contributed by atoms with van der Waals surface area (Å²) < 4.78 is 37.1. The van der Waals surface area contributed by atoms with Gasteiger partial charge in [-0.2, -0.15) is 18.3 Å². The van der Waals surface area contributed by atoms with Crippen LogP contribution in [0.4, 0.5) is 13.2 Å². The molecule has 0 spiro atoms. The SMILES string of the molecule is O=C(NC1CCN(CC(F)(F)F)CC1)c1ccc2[nH]ncc2c1. The second-order valence-corrected chi connectivity index (χ2v) is 5.81. The molecule has 2 N–H and O–H groups in total. The first-order valence-corrected chi connectivity index (χ1v) is 7.44. The first-order chi connectivity index (χ1) is 10.9. The van der Waals surface area contributed by atoms with Crippen molar-refractivity contribution in [2.45, 2.75) is 25.1 Å². The van der Waals surface area contributed by atoms with E-state index in [-0.39, 0.29) is 11.9 Å². The molecular weight excluding hydrogens is 309 g/mol. The maximum absolute atomic E-state index is 12.4. The van der Waals surface area contributed by atoms with Crippen molar-refractivity contribution in [1.82, 2.24) is 20.4 Å². The average molecular weight is 326 g/mol. The van der Waals surface area contributed by atoms with E-state index in [1.807, 2.05) is 0 Å². The molecule has 1 aliphatic heterocycles. The minimum absolute atomic E-state index is 0.0907. The summed E-state index contributed by atoms with van der Waals surface area (Å²) in [5, 5.41) is 10.5. The first-order valence-electron chi connectivity index (χ1n) is 7.44. The monoisotopic (exact) mass is 326 g/mol. The molecule has 0 bridgehead atoms. The van der Waals surface area contributed by atoms with Gasteiger partial charge in [-0.3, -0.25) is 14.8 Å². The summed E-state index contributed by atoms with van der Waals surface area (Å²) in [6.07, 6.45) is -1.48. The molecule has 5 nitrogen and oxygen atoms in total. The molecule has 23 heavy (non-hydrogen) atoms. The number of fused-ring (bicyclic) bond motifs is 1. The number of carbonyl (C=O) groups excluding carboxylic acids is 1. The normalized spacial score (nSPS) is 17.5. The lowest BCUT2D eigenvalue weighted by atomic mass is 10.0. The van der Waals surface area contributed by atoms with Gasteiger partial charge in [-0.05, 0) is 31.0 Å². The molecule has 2 aromatic rings. The van der Waals surface area contributed by atoms with Crippen molar-refractivity contribution in [1.29, 1.82) is 0 Å². The van der Waals surface area contributed by atoms with E-state index < -0.39 is 12.7 Å². The van der Waals surface area contributed by atoms with Crippen molar-refractivity contribution >= 4 is 16.8 Å². The van der Waals surface area contributed by atoms with Crippen molar-refractivity contribution in [3.05, 3.63) is 30.0 Å². The minimum atomic E-state index is -4.17. The first kappa shape index (κ1) is 15.8. The third kappa shape index (κ3) is 4.01. The number of benzene rings is 1. The molecule has 8 heteroatoms. The van der Waals surface area contributed by atoms with Gasteiger partial charge in [-0.1, -0.05) is 0 Å². The maximum Gasteiger partial charge on any atom is 0.401 e. The fraction of sp³-hybridized carbons (Fsp3) is 0.467. The number of aromatic amines is 1. The molecule has 1 saturated heterocycles. The maximum atomic E-state index is 12.4. The van der Waals surface area contributed by atoms with Crippen LogP contribution < -0.4 is 5.32 Å². The van der Waals surface area contributed by atoms with Crippen LogP contribution in [-0.2, 0) is 0 Å². The van der Waals surface area contributed by atoms with Crippen LogP contribution >= 0.6 is 0 Å². The molecule has 1 amide bonds. The third-order valence-corrected chi connectivity index (χ3v) is 4.03. The molecule has 1 aliphatic rings. The van der Waals surface area contributed by atoms with Gasteiger partial charge >= 0.3 is 6.18 Å². The predicted octanol–water partition coefficient (Wildman–Crippen LogP) is 2.32. The average Bonchev–Trinajstić information content (AvgIpc) is 2.95. The molecule has 1 aromatic heterocycles. The zero-order valence-corrected chi connectivity index (χ0v) is 12.4. The molecule has 0 radical (unpaired) electrons. The van der Waals surface area contributed by atoms with Crippen LogP contribution in [0.15, 0.2) is 24.4 Å². The van der Waals surface area contributed by atoms with E-state index in [2.05, 4.69) is 15.5 Å². The molecule has 1 fully saturated rings. The number of carbonyl (C=O) groups is 1. The van der Waals surface area contributed by atoms with Gasteiger partial charge in [0.15, 0.2) is 0 Å². The zero-order chi connectivity index (χ0) is 16.4. The number of H-pyrrole nitrogens is 1. The van der Waals surface area contributed by atoms with E-state index in [4.69, 9.17) is 0 Å². The Morgan fingerprint density at radius 3 is 2.78 bits per heavy atom. The number of piperidine rings is 1. The molecular formula is C15H17F3N4O. The minimum Gasteiger partial charge on any atom is -0.349 e. The fourth-order valence-corrected chi connectivity index (χ4v) is 2.84. The number of nitrogens with one attached hydrogen (secondary N) is 2. The van der Waals surface area contributed by atoms with Gasteiger partial charge in [0, 0.05) is 30.1 Å². The second-order valence-electron chi connectivity index (χ2n) is 5.81. The van der Waals surface area contributed by atoms with Crippen LogP contribution in [-0.4, -0.2) is 52.9 Å². The highest BCUT2D eigenvalue weighted by atomic mass is 19.4. The number of hydrogen-bond acceptors (Lipinski definition) is 3. The van der Waals surface area contributed by atoms with Crippen molar-refractivity contribution in [3.63, 3.8) is 0 Å². The van der Waals surface area contributed by atoms with Crippen LogP contribution in [0.1, 0.15) is 23.2 Å². The molecule has 0 aliphatic carbocycles. The molecule has 124 valence electrons. The standard InChI is InChI=1S/C15H17F3N4O/c16-15(17,18)9-22-5-3-12(4-6-22)20-14(23)10-1-2-13-11(7-10)8-19-21-13/h1-2,7-8,12H,3-6,9H2,(H,19,21)(H,20,23). The fourth-order valence-electron chi connectivity index (χ4n) is 2.84. The van der Waals surface area contributed by atoms with E-state index in [1.54, 1.807) is 24.4 Å². The number of halogens is 3. The highest BCUT2D eigenvalue weighted by Crippen LogP contribution is 2.20. The van der Waals surface area contributed by atoms with Crippen LogP contribution in [0.25, 0.3) is 10.9 Å². The third-order valence-electron chi connectivity index (χ3n) is 4.03. The van der Waals surface area contributed by atoms with E-state index in [0.29, 0.717) is 31.5 Å². The van der Waals surface area contributed by atoms with E-state index in [0.717, 1.165) is 10.9 Å². The summed E-state index contributed by atoms with van der Waals surface area (Å²) >= 11 is 0. The Morgan fingerprint density at radius 1 is 1.35 bits per heavy atom. The Bertz CT molecular complexity index is 689. The Labute approximate surface area is 130 Å². The Kier molecular flexibility index (Phi) is 4.25. The topological polar surface area (TPSA) is 61.0 Å². The van der Waals surface area contributed by atoms with Crippen LogP contribution in [0, 0.1) is 0 Å². The number of hydrogen-bond donors (Lipinski definition) is 2. The summed E-state index contributed by atoms with van der Waals surface area (Å²) in [6, 6.07) is 5.14. The molecule has 3 rings (SSSR count). The number of likely N-dealkylation sites (tertiary alicyclic amines) is 1. The smallest absolute Gasteiger partial charge is 0.349 e. The molecule has 0 atom stereocenters. The lowest BCUT2D eigenvalue weighted by molar-refractivity contribution is -0.148. The number of aromatic nitrogens is 2. The van der Waals surface area contributed by atoms with Crippen molar-refractivity contribution in [3.8, 4) is 0 Å². The van der Waals surface area contributed by atoms with Gasteiger partial charge in [0.05, 0.1) is 18.3 Å². The number of rotatable bonds is 3. The lowest BCUT2D eigenvalue weighted by Crippen LogP contribution is -2.47. The predicted molar refractivity (Wildman–Crippen MR) is 79.1 cm³/mol. The van der Waals surface area contributed by atoms with Crippen LogP contribution in [0.2, 0.25) is 0 Å². The number of nitrogens with zero attached hydrogens (tertiary/aromatic N) is 2. The lowest BCUT2D eigenvalue weighted by Gasteiger charge is -2.32. The van der Waals surface area contributed by atoms with Gasteiger partial charge in [0.25, 0.3) is 5.91 Å². The largest absolute Gasteiger partial charge is 0.401 e. The molecule has 0 unspecified atom stereocenters. The van der Waals surface area contributed by atoms with Gasteiger partial charge in [-0.25, -0.2) is 0 Å². The summed E-state index contributed by atoms with van der Waals surface area (Å²) in [7, 11) is 0. The van der Waals surface area contributed by atoms with Gasteiger partial charge in [-0.15, -0.1) is 0 Å². The van der Waals surface area contributed by atoms with Gasteiger partial charge in [0.2, 0.25) is 0 Å². The summed E-state index contributed by atoms with van der Waals surface area (Å²) in [6.45, 7) is -0.207. The highest BCUT2D eigenvalue weighted by molar-refractivity contribution is 5.98. The van der Waals surface area contributed by atoms with E-state index in [1.165, 1.54) is 4.90 Å². The summed E-state index contributed by atoms with van der Waals surface area (Å²) in [4.78, 5) is 13.6. The number of alkyl halides is 3. The van der Waals surface area contributed by atoms with Gasteiger partial charge < -0.3 is 5.32 Å². The molecule has 2 heterocycles. The van der Waals surface area contributed by atoms with Crippen molar-refractivity contribution < 1.29 is 18.0 Å². The van der Waals surface area contributed by atoms with Crippen molar-refractivity contribution in [2.24, 2.45) is 0 Å². The van der Waals surface area contributed by atoms with Crippen LogP contribution in [0.5, 0.6) is 0 Å². The Morgan fingerprint density at radius 2 is 2.09 bits per heavy atom. The number of amides is 1. The van der Waals surface area contributed by atoms with Gasteiger partial charge in [0.1, 0.15) is 0 Å². The Balaban J connectivity index is 1.55. The summed E-state index contributed by atoms with van der Waals surface area (Å²) in [5.74, 6) is -0.206. The van der Waals surface area contributed by atoms with E-state index >= 15 is 0 Å². The molecule has 1 aromatic carbocycles. The Hall–Kier alpha value is -2.09. The van der Waals surface area contributed by atoms with E-state index in [9.17, 15) is 18.0 Å². The highest BCUT2D eigenvalue weighted by Gasteiger charge is 2.32. The molecule has 0 saturated carbocycles. The summed E-state index contributed by atoms with van der Waals surface area (Å²) in [5.41, 5.74) is 1.37. The quantitative estimate of drug-likeness (QED) is 0.910. The zero-order valence-electron chi connectivity index (χ0n) is 12.4. The van der Waals surface area contributed by atoms with Crippen LogP contribution in [0.3, 0.4) is 0 Å².